The van der Waals surface area contributed by atoms with E-state index >= 15 is 4.79 Å². The molecule has 0 saturated carbocycles. The molecule has 53 heavy (non-hydrogen) atoms. The second-order valence-electron chi connectivity index (χ2n) is 13.1. The molecule has 0 fully saturated rings. The minimum Gasteiger partial charge on any atom is -0.457 e. The number of esters is 1. The maximum atomic E-state index is 15.1. The highest BCUT2D eigenvalue weighted by Gasteiger charge is 2.40. The average molecular weight is 729 g/mol. The van der Waals surface area contributed by atoms with Crippen LogP contribution >= 0.6 is 6.89 Å². The second-order valence-corrected chi connectivity index (χ2v) is 16.4. The van der Waals surface area contributed by atoms with Gasteiger partial charge in [0, 0.05) is 0 Å². The summed E-state index contributed by atoms with van der Waals surface area (Å²) in [7, 11) is 0. The van der Waals surface area contributed by atoms with Gasteiger partial charge in [0.05, 0.1) is 6.04 Å². The standard InChI is InChI=1S/C44H45N2O6P/c1-32(2)29-39(46-44(50)52-31-35-21-11-5-12-22-35)42(48)45-33(3)40(47)41(43(49)51-30-34-19-9-4-10-20-34)53(36-23-13-6-14-24-36,37-25-15-7-16-26-37)38-27-17-8-18-28-38/h4-28,32-33,39H,29-31H2,1-3H3,(H,45,48)(H,46,50)/t33-,39-/m0/s1. The van der Waals surface area contributed by atoms with Crippen LogP contribution in [0.2, 0.25) is 0 Å². The van der Waals surface area contributed by atoms with Gasteiger partial charge in [-0.2, -0.15) is 0 Å². The summed E-state index contributed by atoms with van der Waals surface area (Å²) in [6, 6.07) is 44.9. The Bertz CT molecular complexity index is 1920. The van der Waals surface area contributed by atoms with Crippen LogP contribution in [0.5, 0.6) is 0 Å². The molecular formula is C44H45N2O6P. The van der Waals surface area contributed by atoms with Crippen molar-refractivity contribution in [2.24, 2.45) is 5.92 Å². The molecule has 0 radical (unpaired) electrons. The van der Waals surface area contributed by atoms with Crippen LogP contribution < -0.4 is 26.5 Å². The first kappa shape index (κ1) is 38.5. The number of rotatable bonds is 15. The summed E-state index contributed by atoms with van der Waals surface area (Å²) in [6.45, 7) is 2.14. The van der Waals surface area contributed by atoms with Gasteiger partial charge in [-0.15, -0.1) is 0 Å². The molecule has 5 aromatic carbocycles. The molecule has 5 rings (SSSR count). The fourth-order valence-corrected chi connectivity index (χ4v) is 10.6. The van der Waals surface area contributed by atoms with E-state index < -0.39 is 42.7 Å². The minimum atomic E-state index is -3.25. The van der Waals surface area contributed by atoms with Crippen molar-refractivity contribution in [3.05, 3.63) is 163 Å². The zero-order chi connectivity index (χ0) is 37.6. The lowest BCUT2D eigenvalue weighted by molar-refractivity contribution is -0.137. The first-order valence-corrected chi connectivity index (χ1v) is 19.4. The van der Waals surface area contributed by atoms with Crippen molar-refractivity contribution in [3.63, 3.8) is 0 Å². The molecular weight excluding hydrogens is 683 g/mol. The SMILES string of the molecule is CC(C)C[C@H](NC(=O)OCc1ccccc1)C(=O)N[C@@H](C)C(=O)C(C(=O)OCc1ccccc1)=P(c1ccccc1)(c1ccccc1)c1ccccc1. The van der Waals surface area contributed by atoms with Crippen LogP contribution in [0.3, 0.4) is 0 Å². The summed E-state index contributed by atoms with van der Waals surface area (Å²) in [5, 5.41) is 7.78. The van der Waals surface area contributed by atoms with Gasteiger partial charge >= 0.3 is 12.1 Å². The van der Waals surface area contributed by atoms with Gasteiger partial charge in [0.1, 0.15) is 24.5 Å². The summed E-state index contributed by atoms with van der Waals surface area (Å²) in [6.07, 6.45) is -0.467. The third kappa shape index (κ3) is 9.79. The van der Waals surface area contributed by atoms with Gasteiger partial charge in [0.2, 0.25) is 5.91 Å². The number of ketones is 1. The number of ether oxygens (including phenoxy) is 2. The highest BCUT2D eigenvalue weighted by Crippen LogP contribution is 2.47. The molecule has 0 aliphatic carbocycles. The third-order valence-corrected chi connectivity index (χ3v) is 13.0. The maximum Gasteiger partial charge on any atom is 0.408 e. The molecule has 0 aliphatic rings. The van der Waals surface area contributed by atoms with Gasteiger partial charge in [-0.3, -0.25) is 9.59 Å². The molecule has 9 heteroatoms. The number of carbonyl (C=O) groups excluding carboxylic acids is 4. The van der Waals surface area contributed by atoms with E-state index in [1.54, 1.807) is 6.92 Å². The van der Waals surface area contributed by atoms with Crippen molar-refractivity contribution in [2.75, 3.05) is 0 Å². The lowest BCUT2D eigenvalue weighted by atomic mass is 10.0. The van der Waals surface area contributed by atoms with Crippen LogP contribution in [0.4, 0.5) is 4.79 Å². The second kappa shape index (κ2) is 18.7. The molecule has 0 saturated heterocycles. The molecule has 0 spiro atoms. The molecule has 8 nitrogen and oxygen atoms in total. The van der Waals surface area contributed by atoms with E-state index in [0.29, 0.717) is 0 Å². The zero-order valence-corrected chi connectivity index (χ0v) is 31.1. The van der Waals surface area contributed by atoms with Crippen LogP contribution in [0, 0.1) is 5.92 Å². The van der Waals surface area contributed by atoms with E-state index in [0.717, 1.165) is 27.0 Å². The number of alkyl carbamates (subject to hydrolysis) is 1. The van der Waals surface area contributed by atoms with Gasteiger partial charge in [0.25, 0.3) is 0 Å². The molecule has 5 aromatic rings. The van der Waals surface area contributed by atoms with E-state index in [9.17, 15) is 14.4 Å². The Morgan fingerprint density at radius 2 is 0.943 bits per heavy atom. The molecule has 0 aromatic heterocycles. The monoisotopic (exact) mass is 728 g/mol. The molecule has 0 bridgehead atoms. The summed E-state index contributed by atoms with van der Waals surface area (Å²) in [4.78, 5) is 56.6. The smallest absolute Gasteiger partial charge is 0.408 e. The largest absolute Gasteiger partial charge is 0.457 e. The van der Waals surface area contributed by atoms with E-state index in [1.807, 2.05) is 166 Å². The van der Waals surface area contributed by atoms with E-state index in [1.165, 1.54) is 0 Å². The van der Waals surface area contributed by atoms with Crippen molar-refractivity contribution < 1.29 is 28.7 Å². The number of Topliss-reactive ketones (excluding diaryl/α,β-unsaturated/α-hetero) is 1. The Morgan fingerprint density at radius 1 is 0.547 bits per heavy atom. The predicted octanol–water partition coefficient (Wildman–Crippen LogP) is 6.31. The van der Waals surface area contributed by atoms with E-state index in [-0.39, 0.29) is 30.8 Å². The highest BCUT2D eigenvalue weighted by atomic mass is 31.2. The Balaban J connectivity index is 1.58. The zero-order valence-electron chi connectivity index (χ0n) is 30.2. The topological polar surface area (TPSA) is 111 Å². The lowest BCUT2D eigenvalue weighted by Crippen LogP contribution is -2.53. The molecule has 2 N–H and O–H groups in total. The van der Waals surface area contributed by atoms with Crippen LogP contribution in [0.25, 0.3) is 0 Å². The van der Waals surface area contributed by atoms with Crippen LogP contribution in [0.1, 0.15) is 38.3 Å². The van der Waals surface area contributed by atoms with Crippen LogP contribution in [0.15, 0.2) is 152 Å². The Labute approximate surface area is 311 Å². The van der Waals surface area contributed by atoms with Crippen molar-refractivity contribution >= 4 is 51.8 Å². The van der Waals surface area contributed by atoms with Crippen molar-refractivity contribution in [3.8, 4) is 0 Å². The summed E-state index contributed by atoms with van der Waals surface area (Å²) >= 11 is 0. The lowest BCUT2D eigenvalue weighted by Gasteiger charge is -2.32. The Hall–Kier alpha value is -5.72. The average Bonchev–Trinajstić information content (AvgIpc) is 3.19. The summed E-state index contributed by atoms with van der Waals surface area (Å²) in [5.41, 5.74) is 1.56. The number of amides is 2. The maximum absolute atomic E-state index is 15.1. The van der Waals surface area contributed by atoms with Crippen LogP contribution in [-0.4, -0.2) is 41.1 Å². The number of hydrogen-bond donors (Lipinski definition) is 2. The minimum absolute atomic E-state index is 0.0223. The highest BCUT2D eigenvalue weighted by molar-refractivity contribution is 7.97. The van der Waals surface area contributed by atoms with Gasteiger partial charge in [0.15, 0.2) is 5.78 Å². The van der Waals surface area contributed by atoms with Crippen molar-refractivity contribution in [2.45, 2.75) is 52.5 Å². The summed E-state index contributed by atoms with van der Waals surface area (Å²) < 4.78 is 11.4. The van der Waals surface area contributed by atoms with E-state index in [2.05, 4.69) is 10.6 Å². The molecule has 0 unspecified atom stereocenters. The van der Waals surface area contributed by atoms with Gasteiger partial charge in [-0.25, -0.2) is 9.59 Å². The van der Waals surface area contributed by atoms with Gasteiger partial charge < -0.3 is 20.1 Å². The molecule has 0 heterocycles. The van der Waals surface area contributed by atoms with Gasteiger partial charge in [-0.05, 0) is 53.2 Å². The van der Waals surface area contributed by atoms with E-state index in [4.69, 9.17) is 9.47 Å². The molecule has 0 aliphatic heterocycles. The van der Waals surface area contributed by atoms with Crippen LogP contribution in [-0.2, 0) is 37.1 Å². The number of hydrogen-bond acceptors (Lipinski definition) is 6. The quantitative estimate of drug-likeness (QED) is 0.0743. The van der Waals surface area contributed by atoms with Crippen molar-refractivity contribution in [1.82, 2.24) is 10.6 Å². The molecule has 272 valence electrons. The predicted molar refractivity (Wildman–Crippen MR) is 212 cm³/mol. The third-order valence-electron chi connectivity index (χ3n) is 8.69. The van der Waals surface area contributed by atoms with Gasteiger partial charge in [-0.1, -0.05) is 166 Å². The Morgan fingerprint density at radius 3 is 1.36 bits per heavy atom. The van der Waals surface area contributed by atoms with Crippen molar-refractivity contribution in [1.29, 1.82) is 0 Å². The summed E-state index contributed by atoms with van der Waals surface area (Å²) in [5.74, 6) is -1.91. The fourth-order valence-electron chi connectivity index (χ4n) is 6.18. The Kier molecular flexibility index (Phi) is 13.6. The normalized spacial score (nSPS) is 12.2. The molecule has 2 atom stereocenters. The number of benzene rings is 5. The first-order valence-electron chi connectivity index (χ1n) is 17.7. The number of nitrogens with one attached hydrogen (secondary N) is 2. The first-order chi connectivity index (χ1) is 25.7. The molecule has 2 amide bonds. The number of carbonyl (C=O) groups is 4. The fraction of sp³-hybridized carbons (Fsp3) is 0.205.